The highest BCUT2D eigenvalue weighted by Gasteiger charge is 2.26. The molecule has 0 saturated carbocycles. The van der Waals surface area contributed by atoms with Crippen LogP contribution in [0.3, 0.4) is 0 Å². The molecule has 35 heavy (non-hydrogen) atoms. The number of hydrogen-bond acceptors (Lipinski definition) is 12. The highest BCUT2D eigenvalue weighted by molar-refractivity contribution is 7.13. The largest absolute Gasteiger partial charge is 0.480 e. The first-order valence-electron chi connectivity index (χ1n) is 10.1. The molecular formula is C21H18N6O6S2. The smallest absolute Gasteiger partial charge is 0.408 e. The van der Waals surface area contributed by atoms with E-state index in [0.29, 0.717) is 27.1 Å². The van der Waals surface area contributed by atoms with E-state index in [4.69, 9.17) is 18.8 Å². The van der Waals surface area contributed by atoms with Crippen LogP contribution in [0.1, 0.15) is 31.5 Å². The van der Waals surface area contributed by atoms with Gasteiger partial charge in [-0.15, -0.1) is 22.7 Å². The summed E-state index contributed by atoms with van der Waals surface area (Å²) in [5, 5.41) is 25.1. The molecule has 0 unspecified atom stereocenters. The number of hydrogen-bond donors (Lipinski definition) is 2. The third kappa shape index (κ3) is 5.89. The fraction of sp³-hybridized carbons (Fsp3) is 0.286. The first-order valence-corrected chi connectivity index (χ1v) is 11.8. The number of thiazole rings is 2. The van der Waals surface area contributed by atoms with Crippen molar-refractivity contribution >= 4 is 34.7 Å². The number of carbonyl (C=O) groups excluding carboxylic acids is 1. The Kier molecular flexibility index (Phi) is 6.63. The lowest BCUT2D eigenvalue weighted by atomic mass is 10.2. The first-order chi connectivity index (χ1) is 16.6. The number of aromatic nitrogens is 4. The van der Waals surface area contributed by atoms with Crippen molar-refractivity contribution in [2.24, 2.45) is 0 Å². The second-order valence-electron chi connectivity index (χ2n) is 8.09. The maximum atomic E-state index is 12.0. The van der Waals surface area contributed by atoms with Gasteiger partial charge in [0.05, 0.1) is 5.01 Å². The van der Waals surface area contributed by atoms with E-state index >= 15 is 0 Å². The van der Waals surface area contributed by atoms with E-state index in [1.165, 1.54) is 35.2 Å². The molecule has 0 aliphatic rings. The first kappa shape index (κ1) is 24.0. The molecule has 1 amide bonds. The van der Waals surface area contributed by atoms with E-state index in [2.05, 4.69) is 25.3 Å². The minimum atomic E-state index is -1.21. The topological polar surface area (TPSA) is 177 Å². The Morgan fingerprint density at radius 3 is 2.46 bits per heavy atom. The van der Waals surface area contributed by atoms with Crippen molar-refractivity contribution < 1.29 is 28.3 Å². The Morgan fingerprint density at radius 1 is 1.09 bits per heavy atom. The molecule has 0 aliphatic heterocycles. The number of rotatable bonds is 7. The van der Waals surface area contributed by atoms with Crippen LogP contribution in [-0.2, 0) is 16.0 Å². The molecule has 180 valence electrons. The van der Waals surface area contributed by atoms with E-state index in [0.717, 1.165) is 0 Å². The van der Waals surface area contributed by atoms with Crippen molar-refractivity contribution in [2.75, 3.05) is 0 Å². The van der Waals surface area contributed by atoms with E-state index in [1.54, 1.807) is 31.5 Å². The molecule has 4 aromatic rings. The van der Waals surface area contributed by atoms with Crippen LogP contribution in [0.25, 0.3) is 33.9 Å². The van der Waals surface area contributed by atoms with Crippen molar-refractivity contribution in [1.82, 2.24) is 25.3 Å². The summed E-state index contributed by atoms with van der Waals surface area (Å²) < 4.78 is 15.9. The Bertz CT molecular complexity index is 1410. The molecule has 0 radical (unpaired) electrons. The fourth-order valence-electron chi connectivity index (χ4n) is 2.75. The fourth-order valence-corrected chi connectivity index (χ4v) is 4.31. The van der Waals surface area contributed by atoms with Gasteiger partial charge in [-0.25, -0.2) is 24.5 Å². The zero-order chi connectivity index (χ0) is 25.2. The SMILES string of the molecule is CC(C)(C)OC(=O)N[C@@H](Cc1nc(-c2nc(-c3nc(-c4nc(C#N)co4)cs3)co2)cs1)C(=O)O. The predicted octanol–water partition coefficient (Wildman–Crippen LogP) is 3.97. The van der Waals surface area contributed by atoms with Crippen LogP contribution in [-0.4, -0.2) is 48.7 Å². The van der Waals surface area contributed by atoms with E-state index < -0.39 is 23.7 Å². The number of nitrogens with zero attached hydrogens (tertiary/aromatic N) is 5. The highest BCUT2D eigenvalue weighted by Crippen LogP contribution is 2.30. The van der Waals surface area contributed by atoms with Crippen LogP contribution in [0.4, 0.5) is 4.79 Å². The Balaban J connectivity index is 1.45. The van der Waals surface area contributed by atoms with Gasteiger partial charge in [0.1, 0.15) is 52.3 Å². The van der Waals surface area contributed by atoms with Crippen molar-refractivity contribution in [1.29, 1.82) is 5.26 Å². The molecule has 0 saturated heterocycles. The predicted molar refractivity (Wildman–Crippen MR) is 123 cm³/mol. The lowest BCUT2D eigenvalue weighted by Gasteiger charge is -2.21. The third-order valence-corrected chi connectivity index (χ3v) is 5.94. The second-order valence-corrected chi connectivity index (χ2v) is 9.89. The van der Waals surface area contributed by atoms with E-state index in [-0.39, 0.29) is 23.9 Å². The van der Waals surface area contributed by atoms with Crippen LogP contribution in [0, 0.1) is 11.3 Å². The monoisotopic (exact) mass is 514 g/mol. The van der Waals surface area contributed by atoms with Gasteiger partial charge in [0, 0.05) is 17.2 Å². The summed E-state index contributed by atoms with van der Waals surface area (Å²) in [6, 6.07) is 0.680. The average Bonchev–Trinajstić information content (AvgIpc) is 3.57. The number of nitriles is 1. The van der Waals surface area contributed by atoms with Crippen LogP contribution in [0.2, 0.25) is 0 Å². The number of carbonyl (C=O) groups is 2. The maximum absolute atomic E-state index is 12.0. The minimum absolute atomic E-state index is 0.0382. The number of amides is 1. The summed E-state index contributed by atoms with van der Waals surface area (Å²) in [5.41, 5.74) is 0.748. The minimum Gasteiger partial charge on any atom is -0.480 e. The van der Waals surface area contributed by atoms with Gasteiger partial charge < -0.3 is 24.0 Å². The summed E-state index contributed by atoms with van der Waals surface area (Å²) in [7, 11) is 0. The number of aliphatic carboxylic acids is 1. The molecule has 4 aromatic heterocycles. The number of carboxylic acid groups (broad SMARTS) is 1. The second kappa shape index (κ2) is 9.65. The van der Waals surface area contributed by atoms with Crippen molar-refractivity contribution in [3.8, 4) is 39.9 Å². The number of carboxylic acids is 1. The summed E-state index contributed by atoms with van der Waals surface area (Å²) in [5.74, 6) is -0.752. The molecule has 0 bridgehead atoms. The zero-order valence-corrected chi connectivity index (χ0v) is 20.3. The lowest BCUT2D eigenvalue weighted by Crippen LogP contribution is -2.44. The van der Waals surface area contributed by atoms with Crippen molar-refractivity contribution in [3.05, 3.63) is 34.0 Å². The Hall–Kier alpha value is -4.09. The Morgan fingerprint density at radius 2 is 1.77 bits per heavy atom. The van der Waals surface area contributed by atoms with Crippen LogP contribution < -0.4 is 5.32 Å². The molecule has 0 fully saturated rings. The van der Waals surface area contributed by atoms with Gasteiger partial charge in [0.25, 0.3) is 0 Å². The summed E-state index contributed by atoms with van der Waals surface area (Å²) >= 11 is 2.51. The van der Waals surface area contributed by atoms with Crippen LogP contribution >= 0.6 is 22.7 Å². The Labute approximate surface area is 206 Å². The van der Waals surface area contributed by atoms with Crippen molar-refractivity contribution in [3.63, 3.8) is 0 Å². The van der Waals surface area contributed by atoms with Gasteiger partial charge in [-0.2, -0.15) is 10.2 Å². The summed E-state index contributed by atoms with van der Waals surface area (Å²) in [4.78, 5) is 40.8. The van der Waals surface area contributed by atoms with E-state index in [9.17, 15) is 14.7 Å². The highest BCUT2D eigenvalue weighted by atomic mass is 32.1. The van der Waals surface area contributed by atoms with Gasteiger partial charge in [0.15, 0.2) is 5.69 Å². The molecule has 0 aliphatic carbocycles. The van der Waals surface area contributed by atoms with Gasteiger partial charge >= 0.3 is 12.1 Å². The molecule has 0 aromatic carbocycles. The number of nitrogens with one attached hydrogen (secondary N) is 1. The maximum Gasteiger partial charge on any atom is 0.408 e. The summed E-state index contributed by atoms with van der Waals surface area (Å²) in [6.45, 7) is 5.06. The lowest BCUT2D eigenvalue weighted by molar-refractivity contribution is -0.139. The van der Waals surface area contributed by atoms with Crippen LogP contribution in [0.15, 0.2) is 32.1 Å². The molecule has 0 spiro atoms. The molecule has 12 nitrogen and oxygen atoms in total. The van der Waals surface area contributed by atoms with E-state index in [1.807, 2.05) is 6.07 Å². The van der Waals surface area contributed by atoms with Gasteiger partial charge in [-0.3, -0.25) is 0 Å². The average molecular weight is 515 g/mol. The molecular weight excluding hydrogens is 496 g/mol. The quantitative estimate of drug-likeness (QED) is 0.364. The summed E-state index contributed by atoms with van der Waals surface area (Å²) in [6.07, 6.45) is 1.82. The van der Waals surface area contributed by atoms with Gasteiger partial charge in [-0.1, -0.05) is 0 Å². The normalized spacial score (nSPS) is 12.2. The van der Waals surface area contributed by atoms with Gasteiger partial charge in [0.2, 0.25) is 11.8 Å². The molecule has 4 rings (SSSR count). The molecule has 14 heteroatoms. The van der Waals surface area contributed by atoms with Crippen molar-refractivity contribution in [2.45, 2.75) is 38.8 Å². The third-order valence-electron chi connectivity index (χ3n) is 4.20. The molecule has 4 heterocycles. The standard InChI is InChI=1S/C21H18N6O6S2/c1-21(2,3)33-20(30)27-11(19(28)29)4-15-24-13(8-34-15)17-25-12(7-32-17)18-26-14(9-35-18)16-23-10(5-22)6-31-16/h6-9,11H,4H2,1-3H3,(H,27,30)(H,28,29)/t11-/m0/s1. The zero-order valence-electron chi connectivity index (χ0n) is 18.6. The van der Waals surface area contributed by atoms with Gasteiger partial charge in [-0.05, 0) is 20.8 Å². The number of alkyl carbamates (subject to hydrolysis) is 1. The number of ether oxygens (including phenoxy) is 1. The molecule has 1 atom stereocenters. The molecule has 2 N–H and O–H groups in total. The number of oxazole rings is 2. The van der Waals surface area contributed by atoms with Crippen LogP contribution in [0.5, 0.6) is 0 Å².